The molecule has 0 radical (unpaired) electrons. The molecular formula is C16H8O2S5. The van der Waals surface area contributed by atoms with E-state index in [4.69, 9.17) is 8.83 Å². The van der Waals surface area contributed by atoms with E-state index in [2.05, 4.69) is 24.3 Å². The van der Waals surface area contributed by atoms with Crippen LogP contribution in [-0.4, -0.2) is 0 Å². The van der Waals surface area contributed by atoms with Gasteiger partial charge in [0.25, 0.3) is 0 Å². The van der Waals surface area contributed by atoms with Gasteiger partial charge in [0.2, 0.25) is 0 Å². The maximum Gasteiger partial charge on any atom is 0.105 e. The van der Waals surface area contributed by atoms with Crippen molar-refractivity contribution >= 4 is 70.5 Å². The number of rotatable bonds is 2. The van der Waals surface area contributed by atoms with E-state index in [0.717, 1.165) is 0 Å². The zero-order valence-corrected chi connectivity index (χ0v) is 15.6. The van der Waals surface area contributed by atoms with Crippen molar-refractivity contribution in [3.8, 4) is 0 Å². The van der Waals surface area contributed by atoms with Crippen LogP contribution in [0.15, 0.2) is 74.1 Å². The molecule has 0 amide bonds. The normalized spacial score (nSPS) is 15.8. The SMILES string of the molecule is C(=C1Sc2cocc2S1)c1ccc(C=C2Sc3cocc3S2)s1. The zero-order valence-electron chi connectivity index (χ0n) is 11.5. The number of thioether (sulfide) groups is 4. The van der Waals surface area contributed by atoms with Crippen LogP contribution in [0, 0.1) is 0 Å². The highest BCUT2D eigenvalue weighted by Gasteiger charge is 2.21. The lowest BCUT2D eigenvalue weighted by molar-refractivity contribution is 0.558. The van der Waals surface area contributed by atoms with Crippen molar-refractivity contribution in [2.24, 2.45) is 0 Å². The summed E-state index contributed by atoms with van der Waals surface area (Å²) in [5.74, 6) is 0. The summed E-state index contributed by atoms with van der Waals surface area (Å²) in [6.45, 7) is 0. The van der Waals surface area contributed by atoms with E-state index in [1.165, 1.54) is 37.8 Å². The Kier molecular flexibility index (Phi) is 3.71. The van der Waals surface area contributed by atoms with Crippen molar-refractivity contribution in [1.82, 2.24) is 0 Å². The molecule has 0 spiro atoms. The monoisotopic (exact) mass is 392 g/mol. The summed E-state index contributed by atoms with van der Waals surface area (Å²) in [5, 5.41) is 0. The topological polar surface area (TPSA) is 26.3 Å². The molecule has 0 saturated carbocycles. The number of hydrogen-bond donors (Lipinski definition) is 0. The largest absolute Gasteiger partial charge is 0.470 e. The van der Waals surface area contributed by atoms with Gasteiger partial charge in [-0.15, -0.1) is 11.3 Å². The second kappa shape index (κ2) is 5.89. The van der Waals surface area contributed by atoms with Crippen LogP contribution in [-0.2, 0) is 0 Å². The Balaban J connectivity index is 1.34. The standard InChI is InChI=1S/C16H8O2S5/c1-2-10(4-16-22-13-7-18-8-14(13)23-16)19-9(1)3-15-20-11-5-17-6-12(11)21-15/h1-8H. The molecule has 114 valence electrons. The molecule has 0 aromatic carbocycles. The lowest BCUT2D eigenvalue weighted by atomic mass is 10.4. The third-order valence-electron chi connectivity index (χ3n) is 3.20. The van der Waals surface area contributed by atoms with Gasteiger partial charge < -0.3 is 8.83 Å². The number of hydrogen-bond acceptors (Lipinski definition) is 7. The molecule has 0 atom stereocenters. The number of thiophene rings is 1. The Morgan fingerprint density at radius 2 is 1.00 bits per heavy atom. The minimum atomic E-state index is 1.22. The van der Waals surface area contributed by atoms with Gasteiger partial charge in [-0.25, -0.2) is 0 Å². The first-order chi connectivity index (χ1) is 11.3. The summed E-state index contributed by atoms with van der Waals surface area (Å²) >= 11 is 8.92. The molecule has 0 fully saturated rings. The summed E-state index contributed by atoms with van der Waals surface area (Å²) in [4.78, 5) is 7.43. The third-order valence-corrected chi connectivity index (χ3v) is 8.85. The highest BCUT2D eigenvalue weighted by atomic mass is 32.2. The first kappa shape index (κ1) is 14.5. The molecule has 3 aromatic rings. The molecule has 0 saturated heterocycles. The van der Waals surface area contributed by atoms with Crippen molar-refractivity contribution in [2.45, 2.75) is 19.6 Å². The van der Waals surface area contributed by atoms with Gasteiger partial charge >= 0.3 is 0 Å². The minimum absolute atomic E-state index is 1.22. The van der Waals surface area contributed by atoms with Crippen LogP contribution in [0.3, 0.4) is 0 Å². The maximum absolute atomic E-state index is 5.20. The van der Waals surface area contributed by atoms with Crippen molar-refractivity contribution in [2.75, 3.05) is 0 Å². The van der Waals surface area contributed by atoms with Crippen molar-refractivity contribution in [3.63, 3.8) is 0 Å². The molecule has 23 heavy (non-hydrogen) atoms. The van der Waals surface area contributed by atoms with E-state index in [9.17, 15) is 0 Å². The lowest BCUT2D eigenvalue weighted by Crippen LogP contribution is -1.62. The number of fused-ring (bicyclic) bond motifs is 2. The van der Waals surface area contributed by atoms with Crippen LogP contribution in [0.25, 0.3) is 12.2 Å². The van der Waals surface area contributed by atoms with Gasteiger partial charge in [-0.1, -0.05) is 47.0 Å². The number of furan rings is 2. The lowest BCUT2D eigenvalue weighted by Gasteiger charge is -1.93. The molecule has 7 heteroatoms. The summed E-state index contributed by atoms with van der Waals surface area (Å²) in [6.07, 6.45) is 11.8. The van der Waals surface area contributed by atoms with E-state index < -0.39 is 0 Å². The van der Waals surface area contributed by atoms with Crippen LogP contribution in [0.5, 0.6) is 0 Å². The fraction of sp³-hybridized carbons (Fsp3) is 0. The third kappa shape index (κ3) is 2.85. The molecule has 2 aliphatic heterocycles. The Morgan fingerprint density at radius 1 is 0.609 bits per heavy atom. The fourth-order valence-electron chi connectivity index (χ4n) is 2.19. The fourth-order valence-corrected chi connectivity index (χ4v) is 7.92. The average molecular weight is 393 g/mol. The van der Waals surface area contributed by atoms with E-state index in [1.54, 1.807) is 47.0 Å². The predicted molar refractivity (Wildman–Crippen MR) is 101 cm³/mol. The Bertz CT molecular complexity index is 823. The minimum Gasteiger partial charge on any atom is -0.470 e. The summed E-state index contributed by atoms with van der Waals surface area (Å²) in [7, 11) is 0. The van der Waals surface area contributed by atoms with Gasteiger partial charge in [-0.3, -0.25) is 0 Å². The first-order valence-corrected chi connectivity index (χ1v) is 10.8. The predicted octanol–water partition coefficient (Wildman–Crippen LogP) is 7.33. The highest BCUT2D eigenvalue weighted by molar-refractivity contribution is 8.25. The second-order valence-corrected chi connectivity index (χ2v) is 10.8. The summed E-state index contributed by atoms with van der Waals surface area (Å²) in [6, 6.07) is 4.37. The summed E-state index contributed by atoms with van der Waals surface area (Å²) in [5.41, 5.74) is 0. The van der Waals surface area contributed by atoms with Crippen LogP contribution in [0.1, 0.15) is 9.75 Å². The molecule has 5 rings (SSSR count). The van der Waals surface area contributed by atoms with Crippen molar-refractivity contribution in [3.05, 3.63) is 55.4 Å². The molecule has 2 nitrogen and oxygen atoms in total. The van der Waals surface area contributed by atoms with Gasteiger partial charge in [-0.05, 0) is 24.3 Å². The van der Waals surface area contributed by atoms with E-state index in [1.807, 2.05) is 36.4 Å². The second-order valence-electron chi connectivity index (χ2n) is 4.78. The Labute approximate surface area is 153 Å². The smallest absolute Gasteiger partial charge is 0.105 e. The van der Waals surface area contributed by atoms with Gasteiger partial charge in [0.15, 0.2) is 0 Å². The van der Waals surface area contributed by atoms with E-state index in [0.29, 0.717) is 0 Å². The van der Waals surface area contributed by atoms with Gasteiger partial charge in [0, 0.05) is 9.75 Å². The Morgan fingerprint density at radius 3 is 1.39 bits per heavy atom. The highest BCUT2D eigenvalue weighted by Crippen LogP contribution is 2.53. The molecule has 0 unspecified atom stereocenters. The van der Waals surface area contributed by atoms with E-state index >= 15 is 0 Å². The molecule has 0 bridgehead atoms. The Hall–Kier alpha value is -0.860. The van der Waals surface area contributed by atoms with Gasteiger partial charge in [0.05, 0.1) is 28.1 Å². The van der Waals surface area contributed by atoms with Gasteiger partial charge in [0.1, 0.15) is 25.1 Å². The quantitative estimate of drug-likeness (QED) is 0.453. The van der Waals surface area contributed by atoms with Crippen molar-refractivity contribution in [1.29, 1.82) is 0 Å². The molecule has 5 heterocycles. The van der Waals surface area contributed by atoms with Crippen LogP contribution in [0.2, 0.25) is 0 Å². The molecular weight excluding hydrogens is 385 g/mol. The summed E-state index contributed by atoms with van der Waals surface area (Å²) < 4.78 is 13.0. The molecule has 0 N–H and O–H groups in total. The van der Waals surface area contributed by atoms with Crippen molar-refractivity contribution < 1.29 is 8.83 Å². The molecule has 0 aliphatic carbocycles. The van der Waals surface area contributed by atoms with Crippen LogP contribution in [0.4, 0.5) is 0 Å². The first-order valence-electron chi connectivity index (χ1n) is 6.70. The molecule has 3 aromatic heterocycles. The average Bonchev–Trinajstić information content (AvgIpc) is 3.25. The zero-order chi connectivity index (χ0) is 15.2. The van der Waals surface area contributed by atoms with Crippen LogP contribution < -0.4 is 0 Å². The van der Waals surface area contributed by atoms with E-state index in [-0.39, 0.29) is 0 Å². The van der Waals surface area contributed by atoms with Crippen LogP contribution >= 0.6 is 58.4 Å². The van der Waals surface area contributed by atoms with Gasteiger partial charge in [-0.2, -0.15) is 0 Å². The maximum atomic E-state index is 5.20. The molecule has 2 aliphatic rings.